The van der Waals surface area contributed by atoms with Gasteiger partial charge in [-0.1, -0.05) is 25.4 Å². The lowest BCUT2D eigenvalue weighted by Crippen LogP contribution is -1.99. The van der Waals surface area contributed by atoms with E-state index in [4.69, 9.17) is 11.6 Å². The summed E-state index contributed by atoms with van der Waals surface area (Å²) in [5, 5.41) is 3.12. The Balaban J connectivity index is 1.94. The molecule has 2 nitrogen and oxygen atoms in total. The van der Waals surface area contributed by atoms with Gasteiger partial charge < -0.3 is 0 Å². The second-order valence-corrected chi connectivity index (χ2v) is 8.41. The number of hydrogen-bond acceptors (Lipinski definition) is 4. The summed E-state index contributed by atoms with van der Waals surface area (Å²) in [6, 6.07) is 3.78. The van der Waals surface area contributed by atoms with Crippen molar-refractivity contribution in [3.8, 4) is 0 Å². The van der Waals surface area contributed by atoms with Crippen LogP contribution in [0.4, 0.5) is 0 Å². The minimum Gasteiger partial charge on any atom is -0.259 e. The molecule has 1 unspecified atom stereocenters. The maximum absolute atomic E-state index is 12.0. The zero-order valence-corrected chi connectivity index (χ0v) is 13.4. The van der Waals surface area contributed by atoms with Crippen LogP contribution >= 0.6 is 34.3 Å². The predicted molar refractivity (Wildman–Crippen MR) is 81.1 cm³/mol. The Bertz CT molecular complexity index is 547. The van der Waals surface area contributed by atoms with Gasteiger partial charge in [0.15, 0.2) is 0 Å². The van der Waals surface area contributed by atoms with Crippen LogP contribution < -0.4 is 0 Å². The van der Waals surface area contributed by atoms with E-state index < -0.39 is 10.8 Å². The summed E-state index contributed by atoms with van der Waals surface area (Å²) in [6.45, 7) is 4.24. The molecule has 0 saturated carbocycles. The van der Waals surface area contributed by atoms with Crippen LogP contribution in [-0.4, -0.2) is 9.19 Å². The highest BCUT2D eigenvalue weighted by Crippen LogP contribution is 2.24. The molecule has 0 aliphatic rings. The fourth-order valence-corrected chi connectivity index (χ4v) is 4.90. The number of thiazole rings is 1. The van der Waals surface area contributed by atoms with Crippen LogP contribution in [0, 0.1) is 0 Å². The van der Waals surface area contributed by atoms with E-state index in [1.165, 1.54) is 11.3 Å². The minimum atomic E-state index is -0.913. The van der Waals surface area contributed by atoms with Crippen molar-refractivity contribution < 1.29 is 4.21 Å². The zero-order valence-electron chi connectivity index (χ0n) is 10.2. The van der Waals surface area contributed by atoms with Crippen LogP contribution in [0.25, 0.3) is 0 Å². The van der Waals surface area contributed by atoms with E-state index in [9.17, 15) is 4.21 Å². The Morgan fingerprint density at radius 1 is 1.39 bits per heavy atom. The molecule has 0 aliphatic carbocycles. The number of nitrogens with zero attached hydrogens (tertiary/aromatic N) is 1. The Morgan fingerprint density at radius 2 is 2.17 bits per heavy atom. The molecule has 0 bridgehead atoms. The smallest absolute Gasteiger partial charge is 0.0954 e. The molecule has 1 atom stereocenters. The van der Waals surface area contributed by atoms with Gasteiger partial charge >= 0.3 is 0 Å². The van der Waals surface area contributed by atoms with Crippen molar-refractivity contribution in [3.05, 3.63) is 37.4 Å². The number of halogens is 1. The Labute approximate surface area is 122 Å². The van der Waals surface area contributed by atoms with E-state index >= 15 is 0 Å². The van der Waals surface area contributed by atoms with E-state index in [1.807, 2.05) is 17.5 Å². The molecule has 2 heterocycles. The van der Waals surface area contributed by atoms with Gasteiger partial charge in [0, 0.05) is 27.0 Å². The van der Waals surface area contributed by atoms with Gasteiger partial charge in [-0.25, -0.2) is 4.98 Å². The second kappa shape index (κ2) is 6.28. The van der Waals surface area contributed by atoms with Crippen LogP contribution in [0.2, 0.25) is 4.34 Å². The molecule has 2 aromatic heterocycles. The summed E-state index contributed by atoms with van der Waals surface area (Å²) in [5.74, 6) is 1.53. The first-order valence-electron chi connectivity index (χ1n) is 5.58. The molecule has 2 aromatic rings. The van der Waals surface area contributed by atoms with Gasteiger partial charge in [0.1, 0.15) is 0 Å². The SMILES string of the molecule is CC(C)c1nc(CS(=O)Cc2ccc(Cl)s2)cs1. The molecule has 0 aliphatic heterocycles. The Kier molecular flexibility index (Phi) is 4.95. The van der Waals surface area contributed by atoms with Crippen molar-refractivity contribution in [2.45, 2.75) is 31.3 Å². The molecule has 0 amide bonds. The molecule has 0 N–H and O–H groups in total. The average Bonchev–Trinajstić information content (AvgIpc) is 2.88. The lowest BCUT2D eigenvalue weighted by Gasteiger charge is -1.98. The van der Waals surface area contributed by atoms with Crippen molar-refractivity contribution in [2.24, 2.45) is 0 Å². The third-order valence-corrected chi connectivity index (χ3v) is 6.16. The standard InChI is InChI=1S/C12H14ClNOS3/c1-8(2)12-14-9(5-16-12)6-18(15)7-10-3-4-11(13)17-10/h3-5,8H,6-7H2,1-2H3. The minimum absolute atomic E-state index is 0.438. The number of rotatable bonds is 5. The number of aromatic nitrogens is 1. The topological polar surface area (TPSA) is 30.0 Å². The lowest BCUT2D eigenvalue weighted by atomic mass is 10.2. The zero-order chi connectivity index (χ0) is 13.1. The highest BCUT2D eigenvalue weighted by atomic mass is 35.5. The van der Waals surface area contributed by atoms with Crippen molar-refractivity contribution >= 4 is 45.1 Å². The van der Waals surface area contributed by atoms with Gasteiger partial charge in [-0.15, -0.1) is 22.7 Å². The summed E-state index contributed by atoms with van der Waals surface area (Å²) < 4.78 is 12.8. The molecule has 0 radical (unpaired) electrons. The predicted octanol–water partition coefficient (Wildman–Crippen LogP) is 4.43. The third kappa shape index (κ3) is 3.88. The first-order chi connectivity index (χ1) is 8.54. The summed E-state index contributed by atoms with van der Waals surface area (Å²) in [7, 11) is -0.913. The van der Waals surface area contributed by atoms with Crippen molar-refractivity contribution in [1.29, 1.82) is 0 Å². The van der Waals surface area contributed by atoms with Gasteiger partial charge in [0.05, 0.1) is 26.5 Å². The van der Waals surface area contributed by atoms with Crippen molar-refractivity contribution in [2.75, 3.05) is 0 Å². The van der Waals surface area contributed by atoms with Gasteiger partial charge in [-0.05, 0) is 12.1 Å². The molecule has 2 rings (SSSR count). The molecule has 18 heavy (non-hydrogen) atoms. The largest absolute Gasteiger partial charge is 0.259 e. The maximum Gasteiger partial charge on any atom is 0.0954 e. The third-order valence-electron chi connectivity index (χ3n) is 2.30. The fraction of sp³-hybridized carbons (Fsp3) is 0.417. The quantitative estimate of drug-likeness (QED) is 0.816. The van der Waals surface area contributed by atoms with Crippen molar-refractivity contribution in [3.63, 3.8) is 0 Å². The molecular formula is C12H14ClNOS3. The normalized spacial score (nSPS) is 13.1. The summed E-state index contributed by atoms with van der Waals surface area (Å²) >= 11 is 8.99. The monoisotopic (exact) mass is 319 g/mol. The second-order valence-electron chi connectivity index (χ2n) is 4.27. The van der Waals surface area contributed by atoms with Crippen LogP contribution in [0.3, 0.4) is 0 Å². The van der Waals surface area contributed by atoms with Crippen molar-refractivity contribution in [1.82, 2.24) is 4.98 Å². The molecule has 0 spiro atoms. The average molecular weight is 320 g/mol. The van der Waals surface area contributed by atoms with Gasteiger partial charge in [0.25, 0.3) is 0 Å². The number of thiophene rings is 1. The van der Waals surface area contributed by atoms with E-state index in [-0.39, 0.29) is 0 Å². The summed E-state index contributed by atoms with van der Waals surface area (Å²) in [5.41, 5.74) is 0.935. The number of hydrogen-bond donors (Lipinski definition) is 0. The van der Waals surface area contributed by atoms with Crippen LogP contribution in [0.15, 0.2) is 17.5 Å². The van der Waals surface area contributed by atoms with Crippen LogP contribution in [-0.2, 0) is 22.3 Å². The molecule has 6 heteroatoms. The van der Waals surface area contributed by atoms with E-state index in [2.05, 4.69) is 18.8 Å². The fourth-order valence-electron chi connectivity index (χ4n) is 1.46. The van der Waals surface area contributed by atoms with Crippen LogP contribution in [0.1, 0.15) is 35.3 Å². The molecule has 0 saturated heterocycles. The van der Waals surface area contributed by atoms with E-state index in [0.717, 1.165) is 19.9 Å². The first-order valence-corrected chi connectivity index (χ1v) is 9.14. The molecule has 98 valence electrons. The lowest BCUT2D eigenvalue weighted by molar-refractivity contribution is 0.682. The highest BCUT2D eigenvalue weighted by molar-refractivity contribution is 7.83. The summed E-state index contributed by atoms with van der Waals surface area (Å²) in [6.07, 6.45) is 0. The Morgan fingerprint density at radius 3 is 2.72 bits per heavy atom. The van der Waals surface area contributed by atoms with Gasteiger partial charge in [-0.3, -0.25) is 4.21 Å². The molecule has 0 aromatic carbocycles. The highest BCUT2D eigenvalue weighted by Gasteiger charge is 2.10. The molecular weight excluding hydrogens is 306 g/mol. The summed E-state index contributed by atoms with van der Waals surface area (Å²) in [4.78, 5) is 5.57. The van der Waals surface area contributed by atoms with E-state index in [0.29, 0.717) is 17.4 Å². The molecule has 0 fully saturated rings. The first kappa shape index (κ1) is 14.2. The van der Waals surface area contributed by atoms with Gasteiger partial charge in [0.2, 0.25) is 0 Å². The van der Waals surface area contributed by atoms with E-state index in [1.54, 1.807) is 11.3 Å². The Hall–Kier alpha value is -0.230. The maximum atomic E-state index is 12.0. The van der Waals surface area contributed by atoms with Gasteiger partial charge in [-0.2, -0.15) is 0 Å². The van der Waals surface area contributed by atoms with Crippen LogP contribution in [0.5, 0.6) is 0 Å².